The topological polar surface area (TPSA) is 73.5 Å². The number of nitrogens with one attached hydrogen (secondary N) is 1. The Bertz CT molecular complexity index is 1010. The SMILES string of the molecule is CC(NC(=O)Cn1ccc2occc2c1=O)c1ccc(OC(F)(F)F)cc1. The molecule has 2 heterocycles. The highest BCUT2D eigenvalue weighted by Crippen LogP contribution is 2.24. The summed E-state index contributed by atoms with van der Waals surface area (Å²) in [7, 11) is 0. The number of carbonyl (C=O) groups excluding carboxylic acids is 1. The maximum absolute atomic E-state index is 12.2. The molecule has 27 heavy (non-hydrogen) atoms. The van der Waals surface area contributed by atoms with E-state index in [2.05, 4.69) is 10.1 Å². The number of pyridine rings is 1. The molecule has 0 aliphatic carbocycles. The second kappa shape index (κ2) is 7.18. The minimum absolute atomic E-state index is 0.195. The number of carbonyl (C=O) groups is 1. The van der Waals surface area contributed by atoms with Gasteiger partial charge in [-0.2, -0.15) is 0 Å². The Balaban J connectivity index is 1.64. The van der Waals surface area contributed by atoms with Crippen LogP contribution in [0.15, 0.2) is 58.1 Å². The van der Waals surface area contributed by atoms with Crippen LogP contribution < -0.4 is 15.6 Å². The Morgan fingerprint density at radius 1 is 1.22 bits per heavy atom. The molecule has 0 aliphatic heterocycles. The zero-order valence-corrected chi connectivity index (χ0v) is 14.1. The third kappa shape index (κ3) is 4.49. The molecule has 6 nitrogen and oxygen atoms in total. The minimum Gasteiger partial charge on any atom is -0.464 e. The van der Waals surface area contributed by atoms with Crippen molar-refractivity contribution in [3.05, 3.63) is 64.8 Å². The molecule has 0 saturated carbocycles. The van der Waals surface area contributed by atoms with E-state index in [1.54, 1.807) is 13.0 Å². The lowest BCUT2D eigenvalue weighted by molar-refractivity contribution is -0.274. The van der Waals surface area contributed by atoms with Crippen molar-refractivity contribution >= 4 is 16.9 Å². The van der Waals surface area contributed by atoms with Crippen molar-refractivity contribution < 1.29 is 27.1 Å². The Morgan fingerprint density at radius 2 is 1.93 bits per heavy atom. The summed E-state index contributed by atoms with van der Waals surface area (Å²) in [5.74, 6) is -0.757. The van der Waals surface area contributed by atoms with Gasteiger partial charge in [-0.25, -0.2) is 0 Å². The molecule has 3 aromatic rings. The van der Waals surface area contributed by atoms with Crippen molar-refractivity contribution in [3.8, 4) is 5.75 Å². The van der Waals surface area contributed by atoms with Crippen molar-refractivity contribution in [2.45, 2.75) is 25.9 Å². The van der Waals surface area contributed by atoms with Crippen LogP contribution in [0.1, 0.15) is 18.5 Å². The second-order valence-electron chi connectivity index (χ2n) is 5.85. The van der Waals surface area contributed by atoms with E-state index < -0.39 is 18.3 Å². The van der Waals surface area contributed by atoms with Gasteiger partial charge in [-0.3, -0.25) is 9.59 Å². The van der Waals surface area contributed by atoms with Crippen LogP contribution in [0, 0.1) is 0 Å². The summed E-state index contributed by atoms with van der Waals surface area (Å²) in [6, 6.07) is 7.84. The van der Waals surface area contributed by atoms with E-state index in [-0.39, 0.29) is 17.9 Å². The predicted octanol–water partition coefficient (Wildman–Crippen LogP) is 3.37. The molecular weight excluding hydrogens is 365 g/mol. The third-order valence-electron chi connectivity index (χ3n) is 3.90. The number of hydrogen-bond donors (Lipinski definition) is 1. The standard InChI is InChI=1S/C18H15F3N2O4/c1-11(12-2-4-13(5-3-12)27-18(19,20)21)22-16(24)10-23-8-6-15-14(17(23)25)7-9-26-15/h2-9,11H,10H2,1H3,(H,22,24). The fourth-order valence-electron chi connectivity index (χ4n) is 2.61. The van der Waals surface area contributed by atoms with E-state index in [0.29, 0.717) is 16.5 Å². The zero-order valence-electron chi connectivity index (χ0n) is 14.1. The van der Waals surface area contributed by atoms with Crippen LogP contribution in [0.25, 0.3) is 11.0 Å². The van der Waals surface area contributed by atoms with E-state index in [1.807, 2.05) is 0 Å². The molecule has 0 saturated heterocycles. The number of aromatic nitrogens is 1. The summed E-state index contributed by atoms with van der Waals surface area (Å²) in [5, 5.41) is 3.07. The first-order valence-corrected chi connectivity index (χ1v) is 7.94. The van der Waals surface area contributed by atoms with Crippen LogP contribution >= 0.6 is 0 Å². The number of rotatable bonds is 5. The molecule has 0 aliphatic rings. The maximum Gasteiger partial charge on any atom is 0.573 e. The lowest BCUT2D eigenvalue weighted by atomic mass is 10.1. The molecule has 1 aromatic carbocycles. The molecule has 0 spiro atoms. The van der Waals surface area contributed by atoms with Crippen LogP contribution in [0.3, 0.4) is 0 Å². The van der Waals surface area contributed by atoms with Crippen molar-refractivity contribution in [1.82, 2.24) is 9.88 Å². The molecule has 0 radical (unpaired) electrons. The number of alkyl halides is 3. The number of fused-ring (bicyclic) bond motifs is 1. The van der Waals surface area contributed by atoms with Gasteiger partial charge < -0.3 is 19.0 Å². The lowest BCUT2D eigenvalue weighted by Gasteiger charge is -2.16. The fourth-order valence-corrected chi connectivity index (χ4v) is 2.61. The smallest absolute Gasteiger partial charge is 0.464 e. The van der Waals surface area contributed by atoms with Gasteiger partial charge in [0.15, 0.2) is 0 Å². The van der Waals surface area contributed by atoms with Gasteiger partial charge in [-0.1, -0.05) is 12.1 Å². The molecule has 3 rings (SSSR count). The van der Waals surface area contributed by atoms with E-state index >= 15 is 0 Å². The van der Waals surface area contributed by atoms with Crippen molar-refractivity contribution in [2.75, 3.05) is 0 Å². The van der Waals surface area contributed by atoms with Crippen molar-refractivity contribution in [2.24, 2.45) is 0 Å². The van der Waals surface area contributed by atoms with Gasteiger partial charge in [0.05, 0.1) is 17.7 Å². The van der Waals surface area contributed by atoms with Gasteiger partial charge in [0.1, 0.15) is 17.9 Å². The Labute approximate surface area is 151 Å². The molecule has 1 atom stereocenters. The van der Waals surface area contributed by atoms with Crippen molar-refractivity contribution in [1.29, 1.82) is 0 Å². The summed E-state index contributed by atoms with van der Waals surface area (Å²) in [6.07, 6.45) is -1.91. The summed E-state index contributed by atoms with van der Waals surface area (Å²) in [5.41, 5.74) is 0.680. The molecule has 1 N–H and O–H groups in total. The first-order chi connectivity index (χ1) is 12.7. The number of amides is 1. The average Bonchev–Trinajstić information content (AvgIpc) is 3.06. The highest BCUT2D eigenvalue weighted by molar-refractivity contribution is 5.78. The molecule has 2 aromatic heterocycles. The van der Waals surface area contributed by atoms with Crippen molar-refractivity contribution in [3.63, 3.8) is 0 Å². The quantitative estimate of drug-likeness (QED) is 0.737. The number of hydrogen-bond acceptors (Lipinski definition) is 4. The van der Waals surface area contributed by atoms with Crippen LogP contribution in [0.5, 0.6) is 5.75 Å². The van der Waals surface area contributed by atoms with E-state index in [4.69, 9.17) is 4.42 Å². The second-order valence-corrected chi connectivity index (χ2v) is 5.85. The molecule has 1 amide bonds. The van der Waals surface area contributed by atoms with Gasteiger partial charge in [0.25, 0.3) is 5.56 Å². The van der Waals surface area contributed by atoms with Gasteiger partial charge in [-0.05, 0) is 36.8 Å². The van der Waals surface area contributed by atoms with Gasteiger partial charge in [0, 0.05) is 6.20 Å². The van der Waals surface area contributed by atoms with Gasteiger partial charge in [-0.15, -0.1) is 13.2 Å². The molecule has 142 valence electrons. The molecule has 1 unspecified atom stereocenters. The number of nitrogens with zero attached hydrogens (tertiary/aromatic N) is 1. The Hall–Kier alpha value is -3.23. The van der Waals surface area contributed by atoms with Crippen LogP contribution in [0.2, 0.25) is 0 Å². The van der Waals surface area contributed by atoms with E-state index in [1.165, 1.54) is 47.4 Å². The van der Waals surface area contributed by atoms with Crippen LogP contribution in [0.4, 0.5) is 13.2 Å². The number of halogens is 3. The normalized spacial score (nSPS) is 12.7. The first kappa shape index (κ1) is 18.6. The summed E-state index contributed by atoms with van der Waals surface area (Å²) in [4.78, 5) is 24.5. The number of benzene rings is 1. The monoisotopic (exact) mass is 380 g/mol. The molecule has 0 bridgehead atoms. The highest BCUT2D eigenvalue weighted by atomic mass is 19.4. The first-order valence-electron chi connectivity index (χ1n) is 7.94. The fraction of sp³-hybridized carbons (Fsp3) is 0.222. The number of ether oxygens (including phenoxy) is 1. The number of furan rings is 1. The third-order valence-corrected chi connectivity index (χ3v) is 3.90. The average molecular weight is 380 g/mol. The van der Waals surface area contributed by atoms with E-state index in [9.17, 15) is 22.8 Å². The Kier molecular flexibility index (Phi) is 4.93. The molecule has 9 heteroatoms. The largest absolute Gasteiger partial charge is 0.573 e. The minimum atomic E-state index is -4.76. The highest BCUT2D eigenvalue weighted by Gasteiger charge is 2.31. The molecular formula is C18H15F3N2O4. The summed E-state index contributed by atoms with van der Waals surface area (Å²) < 4.78 is 46.7. The van der Waals surface area contributed by atoms with E-state index in [0.717, 1.165) is 0 Å². The summed E-state index contributed by atoms with van der Waals surface area (Å²) >= 11 is 0. The van der Waals surface area contributed by atoms with Gasteiger partial charge >= 0.3 is 6.36 Å². The maximum atomic E-state index is 12.2. The summed E-state index contributed by atoms with van der Waals surface area (Å²) in [6.45, 7) is 1.49. The van der Waals surface area contributed by atoms with Gasteiger partial charge in [0.2, 0.25) is 5.91 Å². The van der Waals surface area contributed by atoms with Crippen LogP contribution in [-0.2, 0) is 11.3 Å². The Morgan fingerprint density at radius 3 is 2.59 bits per heavy atom. The lowest BCUT2D eigenvalue weighted by Crippen LogP contribution is -2.33. The zero-order chi connectivity index (χ0) is 19.6. The van der Waals surface area contributed by atoms with Crippen LogP contribution in [-0.4, -0.2) is 16.8 Å². The molecule has 0 fully saturated rings. The predicted molar refractivity (Wildman–Crippen MR) is 90.2 cm³/mol.